The predicted molar refractivity (Wildman–Crippen MR) is 89.5 cm³/mol. The molecule has 0 aliphatic carbocycles. The molecule has 1 rings (SSSR count). The minimum Gasteiger partial charge on any atom is -0.480 e. The molecule has 0 radical (unpaired) electrons. The molecule has 0 saturated carbocycles. The van der Waals surface area contributed by atoms with E-state index in [1.165, 1.54) is 45.2 Å². The predicted octanol–water partition coefficient (Wildman–Crippen LogP) is -0.354. The van der Waals surface area contributed by atoms with Crippen LogP contribution in [0.5, 0.6) is 0 Å². The first-order chi connectivity index (χ1) is 11.6. The third kappa shape index (κ3) is 5.26. The second-order valence-corrected chi connectivity index (χ2v) is 7.11. The third-order valence-electron chi connectivity index (χ3n) is 3.45. The number of nitrogens with zero attached hydrogens (tertiary/aromatic N) is 1. The average Bonchev–Trinajstić information content (AvgIpc) is 2.57. The molecule has 0 fully saturated rings. The summed E-state index contributed by atoms with van der Waals surface area (Å²) in [6.07, 6.45) is 0. The maximum atomic E-state index is 12.8. The first kappa shape index (κ1) is 20.6. The van der Waals surface area contributed by atoms with Gasteiger partial charge < -0.3 is 15.7 Å². The number of hydrogen-bond donors (Lipinski definition) is 3. The van der Waals surface area contributed by atoms with Gasteiger partial charge in [-0.2, -0.15) is 4.31 Å². The van der Waals surface area contributed by atoms with Crippen molar-refractivity contribution in [1.29, 1.82) is 0 Å². The number of nitrogens with one attached hydrogen (secondary N) is 2. The van der Waals surface area contributed by atoms with Crippen LogP contribution in [0.2, 0.25) is 0 Å². The largest absolute Gasteiger partial charge is 0.480 e. The molecule has 10 heteroatoms. The van der Waals surface area contributed by atoms with Gasteiger partial charge in [0.25, 0.3) is 5.91 Å². The zero-order valence-electron chi connectivity index (χ0n) is 14.1. The number of carbonyl (C=O) groups is 3. The Hall–Kier alpha value is -2.46. The highest BCUT2D eigenvalue weighted by Gasteiger charge is 2.32. The summed E-state index contributed by atoms with van der Waals surface area (Å²) in [6.45, 7) is 2.29. The summed E-state index contributed by atoms with van der Waals surface area (Å²) >= 11 is 0. The number of carboxylic acid groups (broad SMARTS) is 1. The van der Waals surface area contributed by atoms with E-state index in [0.717, 1.165) is 4.31 Å². The number of aliphatic carboxylic acids is 1. The van der Waals surface area contributed by atoms with Crippen LogP contribution in [0.1, 0.15) is 24.2 Å². The zero-order valence-corrected chi connectivity index (χ0v) is 15.0. The fourth-order valence-corrected chi connectivity index (χ4v) is 3.63. The lowest BCUT2D eigenvalue weighted by Crippen LogP contribution is -2.46. The molecule has 1 aromatic rings. The molecule has 0 aliphatic heterocycles. The first-order valence-electron chi connectivity index (χ1n) is 7.42. The smallest absolute Gasteiger partial charge is 0.321 e. The maximum absolute atomic E-state index is 12.8. The van der Waals surface area contributed by atoms with E-state index in [1.807, 2.05) is 0 Å². The highest BCUT2D eigenvalue weighted by molar-refractivity contribution is 7.89. The number of rotatable bonds is 8. The normalized spacial score (nSPS) is 12.5. The van der Waals surface area contributed by atoms with E-state index in [1.54, 1.807) is 0 Å². The average molecular weight is 371 g/mol. The van der Waals surface area contributed by atoms with Crippen molar-refractivity contribution in [2.24, 2.45) is 0 Å². The minimum absolute atomic E-state index is 0.0253. The molecule has 2 amide bonds. The van der Waals surface area contributed by atoms with Crippen LogP contribution in [0.4, 0.5) is 0 Å². The summed E-state index contributed by atoms with van der Waals surface area (Å²) in [5, 5.41) is 14.0. The van der Waals surface area contributed by atoms with Gasteiger partial charge in [0.2, 0.25) is 15.9 Å². The summed E-state index contributed by atoms with van der Waals surface area (Å²) in [6, 6.07) is 3.82. The number of sulfonamides is 1. The standard InChI is InChI=1S/C15H21N3O6S/c1-10(15(21)22)18(9-8-17-11(2)19)25(23,24)13-6-4-12(5-7-13)14(20)16-3/h4-7,10H,8-9H2,1-3H3,(H,16,20)(H,17,19)(H,21,22). The molecule has 1 unspecified atom stereocenters. The summed E-state index contributed by atoms with van der Waals surface area (Å²) in [7, 11) is -2.67. The van der Waals surface area contributed by atoms with Crippen LogP contribution in [0.15, 0.2) is 29.2 Å². The Bertz CT molecular complexity index is 745. The van der Waals surface area contributed by atoms with E-state index in [-0.39, 0.29) is 35.4 Å². The Kier molecular flexibility index (Phi) is 7.07. The SMILES string of the molecule is CNC(=O)c1ccc(S(=O)(=O)N(CCNC(C)=O)C(C)C(=O)O)cc1. The number of hydrogen-bond acceptors (Lipinski definition) is 5. The van der Waals surface area contributed by atoms with Gasteiger partial charge in [0.15, 0.2) is 0 Å². The highest BCUT2D eigenvalue weighted by atomic mass is 32.2. The van der Waals surface area contributed by atoms with E-state index in [9.17, 15) is 27.9 Å². The fourth-order valence-electron chi connectivity index (χ4n) is 2.05. The van der Waals surface area contributed by atoms with Crippen molar-refractivity contribution in [3.8, 4) is 0 Å². The van der Waals surface area contributed by atoms with E-state index >= 15 is 0 Å². The molecule has 0 saturated heterocycles. The number of carbonyl (C=O) groups excluding carboxylic acids is 2. The monoisotopic (exact) mass is 371 g/mol. The van der Waals surface area contributed by atoms with E-state index in [0.29, 0.717) is 0 Å². The van der Waals surface area contributed by atoms with Gasteiger partial charge in [-0.15, -0.1) is 0 Å². The van der Waals surface area contributed by atoms with Gasteiger partial charge in [-0.1, -0.05) is 0 Å². The van der Waals surface area contributed by atoms with Gasteiger partial charge in [-0.3, -0.25) is 14.4 Å². The van der Waals surface area contributed by atoms with Crippen LogP contribution in [-0.4, -0.2) is 61.8 Å². The number of amides is 2. The molecular formula is C15H21N3O6S. The number of benzene rings is 1. The Balaban J connectivity index is 3.14. The van der Waals surface area contributed by atoms with Gasteiger partial charge >= 0.3 is 5.97 Å². The lowest BCUT2D eigenvalue weighted by atomic mass is 10.2. The fraction of sp³-hybridized carbons (Fsp3) is 0.400. The molecule has 3 N–H and O–H groups in total. The second-order valence-electron chi connectivity index (χ2n) is 5.22. The summed E-state index contributed by atoms with van der Waals surface area (Å²) in [5.74, 6) is -2.03. The molecule has 25 heavy (non-hydrogen) atoms. The van der Waals surface area contributed by atoms with Gasteiger partial charge in [-0.25, -0.2) is 8.42 Å². The van der Waals surface area contributed by atoms with Crippen molar-refractivity contribution < 1.29 is 27.9 Å². The van der Waals surface area contributed by atoms with Crippen molar-refractivity contribution in [1.82, 2.24) is 14.9 Å². The molecule has 0 bridgehead atoms. The van der Waals surface area contributed by atoms with Crippen LogP contribution in [0, 0.1) is 0 Å². The molecular weight excluding hydrogens is 350 g/mol. The molecule has 0 aliphatic rings. The first-order valence-corrected chi connectivity index (χ1v) is 8.86. The highest BCUT2D eigenvalue weighted by Crippen LogP contribution is 2.19. The van der Waals surface area contributed by atoms with Gasteiger partial charge in [0, 0.05) is 32.6 Å². The van der Waals surface area contributed by atoms with Crippen LogP contribution in [0.3, 0.4) is 0 Å². The Labute approximate surface area is 146 Å². The summed E-state index contributed by atoms with van der Waals surface area (Å²) in [5.41, 5.74) is 0.275. The van der Waals surface area contributed by atoms with Crippen LogP contribution < -0.4 is 10.6 Å². The minimum atomic E-state index is -4.12. The van der Waals surface area contributed by atoms with Crippen LogP contribution >= 0.6 is 0 Å². The van der Waals surface area contributed by atoms with Gasteiger partial charge in [-0.05, 0) is 31.2 Å². The maximum Gasteiger partial charge on any atom is 0.321 e. The third-order valence-corrected chi connectivity index (χ3v) is 5.43. The summed E-state index contributed by atoms with van der Waals surface area (Å²) in [4.78, 5) is 33.6. The van der Waals surface area contributed by atoms with Gasteiger partial charge in [0.1, 0.15) is 6.04 Å². The topological polar surface area (TPSA) is 133 Å². The van der Waals surface area contributed by atoms with E-state index in [2.05, 4.69) is 10.6 Å². The van der Waals surface area contributed by atoms with Crippen molar-refractivity contribution in [2.75, 3.05) is 20.1 Å². The van der Waals surface area contributed by atoms with Crippen LogP contribution in [0.25, 0.3) is 0 Å². The quantitative estimate of drug-likeness (QED) is 0.572. The van der Waals surface area contributed by atoms with Crippen molar-refractivity contribution in [3.63, 3.8) is 0 Å². The van der Waals surface area contributed by atoms with E-state index < -0.39 is 22.0 Å². The molecule has 0 aromatic heterocycles. The molecule has 1 atom stereocenters. The number of carboxylic acids is 1. The van der Waals surface area contributed by atoms with Crippen LogP contribution in [-0.2, 0) is 19.6 Å². The van der Waals surface area contributed by atoms with Crippen molar-refractivity contribution in [3.05, 3.63) is 29.8 Å². The van der Waals surface area contributed by atoms with Gasteiger partial charge in [0.05, 0.1) is 4.90 Å². The Morgan fingerprint density at radius 3 is 2.20 bits per heavy atom. The lowest BCUT2D eigenvalue weighted by Gasteiger charge is -2.25. The Morgan fingerprint density at radius 2 is 1.76 bits per heavy atom. The lowest BCUT2D eigenvalue weighted by molar-refractivity contribution is -0.140. The van der Waals surface area contributed by atoms with Crippen molar-refractivity contribution >= 4 is 27.8 Å². The second kappa shape index (κ2) is 8.58. The summed E-state index contributed by atoms with van der Waals surface area (Å²) < 4.78 is 26.3. The Morgan fingerprint density at radius 1 is 1.20 bits per heavy atom. The van der Waals surface area contributed by atoms with Crippen molar-refractivity contribution in [2.45, 2.75) is 24.8 Å². The molecule has 9 nitrogen and oxygen atoms in total. The molecule has 0 spiro atoms. The molecule has 0 heterocycles. The van der Waals surface area contributed by atoms with E-state index in [4.69, 9.17) is 0 Å². The zero-order chi connectivity index (χ0) is 19.2. The molecule has 138 valence electrons. The molecule has 1 aromatic carbocycles.